The molecule has 0 spiro atoms. The monoisotopic (exact) mass is 387 g/mol. The molecule has 0 fully saturated rings. The maximum Gasteiger partial charge on any atom is 0.258 e. The molecule has 1 atom stereocenters. The van der Waals surface area contributed by atoms with E-state index in [4.69, 9.17) is 21.1 Å². The summed E-state index contributed by atoms with van der Waals surface area (Å²) < 4.78 is 11.8. The molecule has 0 saturated heterocycles. The lowest BCUT2D eigenvalue weighted by Crippen LogP contribution is -2.42. The van der Waals surface area contributed by atoms with Crippen molar-refractivity contribution in [1.29, 1.82) is 0 Å². The molecule has 0 bridgehead atoms. The smallest absolute Gasteiger partial charge is 0.258 e. The number of carbonyl (C=O) groups is 1. The van der Waals surface area contributed by atoms with Crippen molar-refractivity contribution in [3.8, 4) is 11.5 Å². The molecule has 144 valence electrons. The summed E-state index contributed by atoms with van der Waals surface area (Å²) in [5, 5.41) is 3.82. The minimum atomic E-state index is -0.343. The topological polar surface area (TPSA) is 47.6 Å². The van der Waals surface area contributed by atoms with Gasteiger partial charge in [-0.05, 0) is 69.5 Å². The van der Waals surface area contributed by atoms with Crippen LogP contribution in [0.5, 0.6) is 11.5 Å². The second-order valence-electron chi connectivity index (χ2n) is 7.89. The number of rotatable bonds is 4. The third-order valence-electron chi connectivity index (χ3n) is 4.74. The highest BCUT2D eigenvalue weighted by Crippen LogP contribution is 2.39. The van der Waals surface area contributed by atoms with E-state index in [0.717, 1.165) is 33.0 Å². The summed E-state index contributed by atoms with van der Waals surface area (Å²) in [6.07, 6.45) is 0.702. The Hall–Kier alpha value is -2.20. The van der Waals surface area contributed by atoms with Crippen LogP contribution in [0.15, 0.2) is 30.3 Å². The number of carbonyl (C=O) groups excluding carboxylic acids is 1. The lowest BCUT2D eigenvalue weighted by atomic mass is 9.89. The summed E-state index contributed by atoms with van der Waals surface area (Å²) in [7, 11) is 0. The van der Waals surface area contributed by atoms with Gasteiger partial charge in [0, 0.05) is 17.0 Å². The molecule has 2 aromatic carbocycles. The average molecular weight is 388 g/mol. The van der Waals surface area contributed by atoms with Gasteiger partial charge in [0.2, 0.25) is 0 Å². The van der Waals surface area contributed by atoms with Crippen LogP contribution in [0.3, 0.4) is 0 Å². The Labute approximate surface area is 165 Å². The second-order valence-corrected chi connectivity index (χ2v) is 8.26. The Morgan fingerprint density at radius 1 is 1.22 bits per heavy atom. The predicted octanol–water partition coefficient (Wildman–Crippen LogP) is 5.06. The highest BCUT2D eigenvalue weighted by Gasteiger charge is 2.34. The summed E-state index contributed by atoms with van der Waals surface area (Å²) >= 11 is 6.18. The van der Waals surface area contributed by atoms with Crippen molar-refractivity contribution in [2.24, 2.45) is 0 Å². The van der Waals surface area contributed by atoms with Crippen molar-refractivity contribution in [2.75, 3.05) is 6.61 Å². The van der Waals surface area contributed by atoms with Gasteiger partial charge in [-0.25, -0.2) is 0 Å². The van der Waals surface area contributed by atoms with E-state index in [1.54, 1.807) is 0 Å². The number of fused-ring (bicyclic) bond motifs is 1. The molecule has 1 aliphatic rings. The van der Waals surface area contributed by atoms with E-state index in [-0.39, 0.29) is 24.2 Å². The van der Waals surface area contributed by atoms with Gasteiger partial charge in [0.15, 0.2) is 6.61 Å². The Morgan fingerprint density at radius 3 is 2.56 bits per heavy atom. The van der Waals surface area contributed by atoms with Crippen molar-refractivity contribution in [1.82, 2.24) is 5.32 Å². The van der Waals surface area contributed by atoms with E-state index < -0.39 is 0 Å². The highest BCUT2D eigenvalue weighted by molar-refractivity contribution is 6.32. The summed E-state index contributed by atoms with van der Waals surface area (Å²) in [5.41, 5.74) is 3.66. The molecule has 0 unspecified atom stereocenters. The van der Waals surface area contributed by atoms with Crippen LogP contribution in [-0.2, 0) is 4.79 Å². The average Bonchev–Trinajstić information content (AvgIpc) is 2.56. The molecule has 0 aromatic heterocycles. The molecule has 27 heavy (non-hydrogen) atoms. The first-order chi connectivity index (χ1) is 12.6. The predicted molar refractivity (Wildman–Crippen MR) is 108 cm³/mol. The Kier molecular flexibility index (Phi) is 5.38. The van der Waals surface area contributed by atoms with E-state index in [1.165, 1.54) is 0 Å². The molecule has 0 radical (unpaired) electrons. The van der Waals surface area contributed by atoms with Gasteiger partial charge in [-0.2, -0.15) is 0 Å². The van der Waals surface area contributed by atoms with Crippen LogP contribution in [0.1, 0.15) is 48.6 Å². The zero-order chi connectivity index (χ0) is 19.8. The minimum absolute atomic E-state index is 0.0422. The van der Waals surface area contributed by atoms with Crippen LogP contribution >= 0.6 is 11.6 Å². The first-order valence-electron chi connectivity index (χ1n) is 9.13. The number of ether oxygens (including phenoxy) is 2. The van der Waals surface area contributed by atoms with Crippen LogP contribution in [0.4, 0.5) is 0 Å². The van der Waals surface area contributed by atoms with E-state index in [2.05, 4.69) is 5.32 Å². The van der Waals surface area contributed by atoms with Crippen molar-refractivity contribution in [3.63, 3.8) is 0 Å². The van der Waals surface area contributed by atoms with E-state index in [1.807, 2.05) is 65.0 Å². The molecular weight excluding hydrogens is 362 g/mol. The van der Waals surface area contributed by atoms with E-state index >= 15 is 0 Å². The molecule has 3 rings (SSSR count). The molecule has 1 amide bonds. The third kappa shape index (κ3) is 4.56. The highest BCUT2D eigenvalue weighted by atomic mass is 35.5. The van der Waals surface area contributed by atoms with Gasteiger partial charge >= 0.3 is 0 Å². The van der Waals surface area contributed by atoms with E-state index in [9.17, 15) is 4.79 Å². The molecule has 1 heterocycles. The molecule has 4 nitrogen and oxygen atoms in total. The zero-order valence-corrected chi connectivity index (χ0v) is 17.2. The molecule has 2 aromatic rings. The molecular formula is C22H26ClNO3. The fraction of sp³-hybridized carbons (Fsp3) is 0.409. The summed E-state index contributed by atoms with van der Waals surface area (Å²) in [6.45, 7) is 9.90. The number of halogens is 1. The fourth-order valence-corrected chi connectivity index (χ4v) is 3.57. The van der Waals surface area contributed by atoms with Crippen molar-refractivity contribution >= 4 is 17.5 Å². The van der Waals surface area contributed by atoms with Crippen molar-refractivity contribution in [2.45, 2.75) is 52.7 Å². The molecule has 1 aliphatic heterocycles. The number of nitrogens with one attached hydrogen (secondary N) is 1. The number of aryl methyl sites for hydroxylation is 3. The van der Waals surface area contributed by atoms with Gasteiger partial charge in [-0.1, -0.05) is 23.7 Å². The maximum atomic E-state index is 12.5. The van der Waals surface area contributed by atoms with Crippen molar-refractivity contribution in [3.05, 3.63) is 57.6 Å². The molecule has 0 aliphatic carbocycles. The lowest BCUT2D eigenvalue weighted by molar-refractivity contribution is -0.124. The van der Waals surface area contributed by atoms with Gasteiger partial charge < -0.3 is 14.8 Å². The van der Waals surface area contributed by atoms with Gasteiger partial charge in [0.05, 0.1) is 6.04 Å². The van der Waals surface area contributed by atoms with Gasteiger partial charge in [0.1, 0.15) is 17.1 Å². The Morgan fingerprint density at radius 2 is 1.89 bits per heavy atom. The zero-order valence-electron chi connectivity index (χ0n) is 16.5. The summed E-state index contributed by atoms with van der Waals surface area (Å²) in [4.78, 5) is 12.5. The lowest BCUT2D eigenvalue weighted by Gasteiger charge is -2.38. The second kappa shape index (κ2) is 7.43. The van der Waals surface area contributed by atoms with E-state index in [0.29, 0.717) is 12.2 Å². The Bertz CT molecular complexity index is 853. The molecule has 5 heteroatoms. The molecule has 1 N–H and O–H groups in total. The summed E-state index contributed by atoms with van der Waals surface area (Å²) in [5.74, 6) is 1.32. The number of amides is 1. The SMILES string of the molecule is Cc1ccc2c(c1)OC(C)(C)C[C@H]2NC(=O)COc1cc(C)c(Cl)c(C)c1. The summed E-state index contributed by atoms with van der Waals surface area (Å²) in [6, 6.07) is 9.67. The first kappa shape index (κ1) is 19.6. The number of benzene rings is 2. The van der Waals surface area contributed by atoms with Crippen molar-refractivity contribution < 1.29 is 14.3 Å². The normalized spacial score (nSPS) is 17.6. The molecule has 0 saturated carbocycles. The largest absolute Gasteiger partial charge is 0.487 e. The van der Waals surface area contributed by atoms with Crippen LogP contribution in [0.2, 0.25) is 5.02 Å². The Balaban J connectivity index is 1.69. The van der Waals surface area contributed by atoms with Gasteiger partial charge in [-0.3, -0.25) is 4.79 Å². The quantitative estimate of drug-likeness (QED) is 0.797. The fourth-order valence-electron chi connectivity index (χ4n) is 3.46. The van der Waals surface area contributed by atoms with Crippen LogP contribution < -0.4 is 14.8 Å². The van der Waals surface area contributed by atoms with Gasteiger partial charge in [0.25, 0.3) is 5.91 Å². The number of hydrogen-bond acceptors (Lipinski definition) is 3. The standard InChI is InChI=1S/C22H26ClNO3/c1-13-6-7-17-18(11-22(4,5)27-19(17)8-13)24-20(25)12-26-16-9-14(2)21(23)15(3)10-16/h6-10,18H,11-12H2,1-5H3,(H,24,25)/t18-/m1/s1. The number of hydrogen-bond donors (Lipinski definition) is 1. The maximum absolute atomic E-state index is 12.5. The van der Waals surface area contributed by atoms with Crippen LogP contribution in [0.25, 0.3) is 0 Å². The van der Waals surface area contributed by atoms with Crippen LogP contribution in [0, 0.1) is 20.8 Å². The van der Waals surface area contributed by atoms with Crippen LogP contribution in [-0.4, -0.2) is 18.1 Å². The first-order valence-corrected chi connectivity index (χ1v) is 9.51. The minimum Gasteiger partial charge on any atom is -0.487 e. The third-order valence-corrected chi connectivity index (χ3v) is 5.34. The van der Waals surface area contributed by atoms with Gasteiger partial charge in [-0.15, -0.1) is 0 Å².